The van der Waals surface area contributed by atoms with Gasteiger partial charge in [-0.1, -0.05) is 5.16 Å². The number of amides is 2. The van der Waals surface area contributed by atoms with Crippen molar-refractivity contribution in [1.82, 2.24) is 19.6 Å². The highest BCUT2D eigenvalue weighted by Gasteiger charge is 2.50. The third-order valence-electron chi connectivity index (χ3n) is 3.42. The lowest BCUT2D eigenvalue weighted by molar-refractivity contribution is -0.144. The molecule has 14 heteroatoms. The van der Waals surface area contributed by atoms with Gasteiger partial charge >= 0.3 is 5.97 Å². The Hall–Kier alpha value is -2.74. The van der Waals surface area contributed by atoms with E-state index in [-0.39, 0.29) is 22.3 Å². The van der Waals surface area contributed by atoms with Gasteiger partial charge < -0.3 is 25.9 Å². The Morgan fingerprint density at radius 1 is 1.58 bits per heavy atom. The van der Waals surface area contributed by atoms with Crippen LogP contribution in [-0.4, -0.2) is 66.9 Å². The van der Waals surface area contributed by atoms with E-state index in [9.17, 15) is 18.8 Å². The summed E-state index contributed by atoms with van der Waals surface area (Å²) in [5, 5.41) is 14.4. The summed E-state index contributed by atoms with van der Waals surface area (Å²) in [4.78, 5) is 44.8. The van der Waals surface area contributed by atoms with Crippen LogP contribution in [0, 0.1) is 0 Å². The molecule has 1 saturated heterocycles. The zero-order valence-corrected chi connectivity index (χ0v) is 14.4. The van der Waals surface area contributed by atoms with Crippen LogP contribution in [0.1, 0.15) is 5.82 Å². The second-order valence-corrected chi connectivity index (χ2v) is 6.88. The average Bonchev–Trinajstić information content (AvgIpc) is 3.05. The number of nitrogen functional groups attached to an aromatic ring is 1. The lowest BCUT2D eigenvalue weighted by atomic mass is 10.1. The molecular weight excluding hydrogens is 391 g/mol. The number of carboxylic acids is 1. The van der Waals surface area contributed by atoms with Crippen molar-refractivity contribution in [2.24, 2.45) is 5.16 Å². The third kappa shape index (κ3) is 3.32. The molecule has 0 bridgehead atoms. The van der Waals surface area contributed by atoms with E-state index in [4.69, 9.17) is 10.8 Å². The van der Waals surface area contributed by atoms with E-state index in [1.165, 1.54) is 22.9 Å². The molecule has 0 spiro atoms. The largest absolute Gasteiger partial charge is 0.478 e. The maximum absolute atomic E-state index is 12.4. The van der Waals surface area contributed by atoms with Crippen molar-refractivity contribution in [3.8, 4) is 0 Å². The van der Waals surface area contributed by atoms with Crippen LogP contribution in [0.15, 0.2) is 16.9 Å². The zero-order chi connectivity index (χ0) is 18.8. The van der Waals surface area contributed by atoms with Crippen molar-refractivity contribution >= 4 is 51.9 Å². The normalized spacial score (nSPS) is 22.2. The van der Waals surface area contributed by atoms with E-state index in [1.807, 2.05) is 0 Å². The van der Waals surface area contributed by atoms with Crippen LogP contribution < -0.4 is 11.1 Å². The fourth-order valence-corrected chi connectivity index (χ4v) is 3.93. The summed E-state index contributed by atoms with van der Waals surface area (Å²) < 4.78 is 16.0. The fourth-order valence-electron chi connectivity index (χ4n) is 2.24. The molecule has 2 aliphatic heterocycles. The number of nitrogens with two attached hydrogens (primary N) is 1. The molecule has 11 nitrogen and oxygen atoms in total. The number of carboxylic acid groups (broad SMARTS) is 1. The van der Waals surface area contributed by atoms with Gasteiger partial charge in [-0.15, -0.1) is 11.8 Å². The number of hydrogen-bond acceptors (Lipinski definition) is 10. The quantitative estimate of drug-likeness (QED) is 0.312. The van der Waals surface area contributed by atoms with Crippen LogP contribution in [0.4, 0.5) is 9.52 Å². The molecule has 2 aliphatic rings. The van der Waals surface area contributed by atoms with Crippen LogP contribution >= 0.6 is 23.3 Å². The summed E-state index contributed by atoms with van der Waals surface area (Å²) in [6.45, 7) is -1.27. The third-order valence-corrected chi connectivity index (χ3v) is 5.28. The Kier molecular flexibility index (Phi) is 5.03. The zero-order valence-electron chi connectivity index (χ0n) is 12.8. The van der Waals surface area contributed by atoms with Crippen molar-refractivity contribution in [2.75, 3.05) is 18.3 Å². The summed E-state index contributed by atoms with van der Waals surface area (Å²) in [5.41, 5.74) is 5.12. The van der Waals surface area contributed by atoms with E-state index < -0.39 is 41.8 Å². The number of carbonyl (C=O) groups is 3. The molecule has 1 aromatic heterocycles. The molecule has 26 heavy (non-hydrogen) atoms. The van der Waals surface area contributed by atoms with E-state index in [2.05, 4.69) is 24.7 Å². The van der Waals surface area contributed by atoms with Gasteiger partial charge in [0, 0.05) is 23.5 Å². The molecule has 3 rings (SSSR count). The first-order valence-electron chi connectivity index (χ1n) is 6.96. The minimum Gasteiger partial charge on any atom is -0.478 e. The lowest BCUT2D eigenvalue weighted by Gasteiger charge is -2.46. The molecule has 138 valence electrons. The minimum absolute atomic E-state index is 0.0702. The number of fused-ring (bicyclic) bond motifs is 1. The van der Waals surface area contributed by atoms with Gasteiger partial charge in [0.05, 0.1) is 5.57 Å². The predicted molar refractivity (Wildman–Crippen MR) is 88.7 cm³/mol. The first-order chi connectivity index (χ1) is 12.4. The summed E-state index contributed by atoms with van der Waals surface area (Å²) in [7, 11) is 0. The monoisotopic (exact) mass is 402 g/mol. The number of rotatable bonds is 6. The highest BCUT2D eigenvalue weighted by molar-refractivity contribution is 8.00. The van der Waals surface area contributed by atoms with Gasteiger partial charge in [-0.25, -0.2) is 9.18 Å². The smallest absolute Gasteiger partial charge is 0.333 e. The van der Waals surface area contributed by atoms with Gasteiger partial charge in [0.15, 0.2) is 5.13 Å². The maximum Gasteiger partial charge on any atom is 0.333 e. The molecule has 0 radical (unpaired) electrons. The summed E-state index contributed by atoms with van der Waals surface area (Å²) in [5.74, 6) is -2.41. The number of nitrogens with one attached hydrogen (secondary N) is 1. The molecule has 2 atom stereocenters. The number of halogens is 1. The van der Waals surface area contributed by atoms with Crippen molar-refractivity contribution < 1.29 is 28.7 Å². The van der Waals surface area contributed by atoms with Crippen LogP contribution in [0.2, 0.25) is 0 Å². The number of aliphatic carboxylic acids is 1. The van der Waals surface area contributed by atoms with Gasteiger partial charge in [0.25, 0.3) is 18.7 Å². The van der Waals surface area contributed by atoms with Crippen LogP contribution in [0.3, 0.4) is 0 Å². The second kappa shape index (κ2) is 7.25. The van der Waals surface area contributed by atoms with Crippen molar-refractivity contribution in [3.05, 3.63) is 17.6 Å². The molecule has 4 N–H and O–H groups in total. The fraction of sp³-hybridized carbons (Fsp3) is 0.333. The number of alkyl halides is 1. The SMILES string of the molecule is Nc1nc(C(=NOCF)C(=O)NC2C(=O)N3C=C(C(=O)O)CS[C@H]23)ns1. The molecule has 1 fully saturated rings. The number of nitrogens with zero attached hydrogens (tertiary/aromatic N) is 4. The molecule has 1 aromatic rings. The Labute approximate surface area is 153 Å². The van der Waals surface area contributed by atoms with Crippen LogP contribution in [-0.2, 0) is 19.2 Å². The van der Waals surface area contributed by atoms with E-state index in [0.717, 1.165) is 11.5 Å². The molecule has 3 heterocycles. The van der Waals surface area contributed by atoms with E-state index in [1.54, 1.807) is 0 Å². The van der Waals surface area contributed by atoms with Gasteiger partial charge in [-0.05, 0) is 0 Å². The van der Waals surface area contributed by atoms with Crippen LogP contribution in [0.5, 0.6) is 0 Å². The topological polar surface area (TPSA) is 160 Å². The Morgan fingerprint density at radius 2 is 2.35 bits per heavy atom. The number of β-lactam (4-membered cyclic amide) rings is 1. The Morgan fingerprint density at radius 3 is 2.96 bits per heavy atom. The number of aromatic nitrogens is 2. The van der Waals surface area contributed by atoms with Crippen LogP contribution in [0.25, 0.3) is 0 Å². The first-order valence-corrected chi connectivity index (χ1v) is 8.78. The van der Waals surface area contributed by atoms with Crippen molar-refractivity contribution in [1.29, 1.82) is 0 Å². The Balaban J connectivity index is 1.73. The van der Waals surface area contributed by atoms with E-state index >= 15 is 0 Å². The lowest BCUT2D eigenvalue weighted by Crippen LogP contribution is -2.69. The van der Waals surface area contributed by atoms with Gasteiger partial charge in [-0.3, -0.25) is 9.59 Å². The van der Waals surface area contributed by atoms with Gasteiger partial charge in [0.2, 0.25) is 11.5 Å². The number of thioether (sulfide) groups is 1. The average molecular weight is 402 g/mol. The summed E-state index contributed by atoms with van der Waals surface area (Å²) >= 11 is 2.00. The number of hydrogen-bond donors (Lipinski definition) is 3. The molecule has 0 aromatic carbocycles. The second-order valence-electron chi connectivity index (χ2n) is 4.99. The molecule has 1 unspecified atom stereocenters. The molecule has 2 amide bonds. The molecular formula is C12H11FN6O5S2. The minimum atomic E-state index is -1.27. The van der Waals surface area contributed by atoms with E-state index in [0.29, 0.717) is 0 Å². The highest BCUT2D eigenvalue weighted by atomic mass is 32.2. The Bertz CT molecular complexity index is 827. The standard InChI is InChI=1S/C12H11FN6O5S2/c13-3-24-17-5(7-16-12(14)26-18-7)8(20)15-6-9(21)19-1-4(11(22)23)2-25-10(6)19/h1,6,10H,2-3H2,(H,15,20)(H,22,23)(H2,14,16,18)/t6?,10-/m1/s1. The van der Waals surface area contributed by atoms with Crippen molar-refractivity contribution in [2.45, 2.75) is 11.4 Å². The predicted octanol–water partition coefficient (Wildman–Crippen LogP) is -0.864. The first kappa shape index (κ1) is 18.1. The van der Waals surface area contributed by atoms with Crippen molar-refractivity contribution in [3.63, 3.8) is 0 Å². The highest BCUT2D eigenvalue weighted by Crippen LogP contribution is 2.36. The molecule has 0 aliphatic carbocycles. The number of anilines is 1. The number of oxime groups is 1. The number of carbonyl (C=O) groups excluding carboxylic acids is 2. The summed E-state index contributed by atoms with van der Waals surface area (Å²) in [6.07, 6.45) is 1.25. The molecule has 0 saturated carbocycles. The summed E-state index contributed by atoms with van der Waals surface area (Å²) in [6, 6.07) is -0.898. The maximum atomic E-state index is 12.4. The van der Waals surface area contributed by atoms with Gasteiger partial charge in [0.1, 0.15) is 11.4 Å². The van der Waals surface area contributed by atoms with Gasteiger partial charge in [-0.2, -0.15) is 9.36 Å².